The number of Topliss-reactive ketones (excluding diaryl/α,β-unsaturated/α-hetero) is 1. The molecule has 1 spiro atoms. The third kappa shape index (κ3) is 5.66. The highest BCUT2D eigenvalue weighted by atomic mass is 16.8. The van der Waals surface area contributed by atoms with Gasteiger partial charge >= 0.3 is 6.09 Å². The number of hydrogen-bond donors (Lipinski definition) is 1. The molecule has 0 aromatic heterocycles. The van der Waals surface area contributed by atoms with E-state index in [2.05, 4.69) is 4.99 Å². The Bertz CT molecular complexity index is 747. The van der Waals surface area contributed by atoms with E-state index < -0.39 is 41.0 Å². The SMILES string of the molecule is CCN(C(=O)OC(C)(C)C)C(C)=N[C@H]1COC2(CC2=O)C[C@@H]1OC(C)(OC)C(C)(O)OC. The van der Waals surface area contributed by atoms with Crippen LogP contribution in [0.2, 0.25) is 0 Å². The van der Waals surface area contributed by atoms with Gasteiger partial charge in [0.05, 0.1) is 12.7 Å². The normalized spacial score (nSPS) is 29.9. The molecule has 10 heteroatoms. The molecule has 0 aromatic carbocycles. The van der Waals surface area contributed by atoms with E-state index in [0.29, 0.717) is 18.8 Å². The summed E-state index contributed by atoms with van der Waals surface area (Å²) in [6.07, 6.45) is -0.571. The van der Waals surface area contributed by atoms with Gasteiger partial charge in [0.1, 0.15) is 23.1 Å². The molecule has 1 heterocycles. The average Bonchev–Trinajstić information content (AvgIpc) is 3.30. The summed E-state index contributed by atoms with van der Waals surface area (Å²) in [5.41, 5.74) is -1.52. The van der Waals surface area contributed by atoms with E-state index >= 15 is 0 Å². The number of ether oxygens (including phenoxy) is 5. The standard InChI is InChI=1S/C22H38N2O8/c1-10-24(18(26)32-19(3,4)5)14(2)23-15-13-30-22(12-17(22)25)11-16(15)31-21(7,29-9)20(6,27)28-8/h15-16,27H,10-13H2,1-9H3/t15-,16-,20?,21?,22?/m0/s1. The van der Waals surface area contributed by atoms with Crippen LogP contribution >= 0.6 is 0 Å². The maximum Gasteiger partial charge on any atom is 0.415 e. The van der Waals surface area contributed by atoms with Crippen molar-refractivity contribution in [2.24, 2.45) is 4.99 Å². The summed E-state index contributed by atoms with van der Waals surface area (Å²) < 4.78 is 28.2. The van der Waals surface area contributed by atoms with Crippen molar-refractivity contribution >= 4 is 17.7 Å². The monoisotopic (exact) mass is 458 g/mol. The van der Waals surface area contributed by atoms with Gasteiger partial charge < -0.3 is 28.8 Å². The van der Waals surface area contributed by atoms with Crippen molar-refractivity contribution in [3.8, 4) is 0 Å². The number of methoxy groups -OCH3 is 2. The molecular weight excluding hydrogens is 420 g/mol. The summed E-state index contributed by atoms with van der Waals surface area (Å²) >= 11 is 0. The first-order valence-electron chi connectivity index (χ1n) is 10.9. The number of carbonyl (C=O) groups excluding carboxylic acids is 2. The fourth-order valence-electron chi connectivity index (χ4n) is 3.58. The van der Waals surface area contributed by atoms with Gasteiger partial charge in [-0.2, -0.15) is 0 Å². The molecule has 0 bridgehead atoms. The number of hydrogen-bond acceptors (Lipinski definition) is 9. The molecule has 5 atom stereocenters. The largest absolute Gasteiger partial charge is 0.443 e. The summed E-state index contributed by atoms with van der Waals surface area (Å²) in [5.74, 6) is -2.87. The van der Waals surface area contributed by atoms with E-state index in [1.807, 2.05) is 6.92 Å². The van der Waals surface area contributed by atoms with Crippen molar-refractivity contribution in [1.29, 1.82) is 0 Å². The number of aliphatic imine (C=N–C) groups is 1. The molecule has 1 aliphatic carbocycles. The average molecular weight is 459 g/mol. The molecule has 1 saturated heterocycles. The van der Waals surface area contributed by atoms with E-state index in [1.54, 1.807) is 34.6 Å². The molecular formula is C22H38N2O8. The number of amides is 1. The van der Waals surface area contributed by atoms with Gasteiger partial charge in [0.25, 0.3) is 0 Å². The van der Waals surface area contributed by atoms with Gasteiger partial charge in [0, 0.05) is 33.6 Å². The molecule has 2 aliphatic rings. The van der Waals surface area contributed by atoms with Crippen molar-refractivity contribution in [2.75, 3.05) is 27.4 Å². The zero-order valence-corrected chi connectivity index (χ0v) is 20.7. The molecule has 1 saturated carbocycles. The Kier molecular flexibility index (Phi) is 7.78. The lowest BCUT2D eigenvalue weighted by Crippen LogP contribution is -2.59. The highest BCUT2D eigenvalue weighted by molar-refractivity contribution is 6.04. The van der Waals surface area contributed by atoms with Crippen LogP contribution < -0.4 is 0 Å². The second-order valence-electron chi connectivity index (χ2n) is 9.57. The maximum absolute atomic E-state index is 12.6. The lowest BCUT2D eigenvalue weighted by Gasteiger charge is -2.44. The van der Waals surface area contributed by atoms with Crippen LogP contribution in [0.4, 0.5) is 4.79 Å². The number of rotatable bonds is 7. The molecule has 0 radical (unpaired) electrons. The van der Waals surface area contributed by atoms with Crippen molar-refractivity contribution in [3.05, 3.63) is 0 Å². The van der Waals surface area contributed by atoms with Gasteiger partial charge in [-0.3, -0.25) is 14.7 Å². The van der Waals surface area contributed by atoms with Gasteiger partial charge in [0.2, 0.25) is 11.6 Å². The molecule has 3 unspecified atom stereocenters. The van der Waals surface area contributed by atoms with Crippen LogP contribution in [0, 0.1) is 0 Å². The first kappa shape index (κ1) is 26.7. The third-order valence-electron chi connectivity index (χ3n) is 6.00. The van der Waals surface area contributed by atoms with Crippen LogP contribution in [0.3, 0.4) is 0 Å². The summed E-state index contributed by atoms with van der Waals surface area (Å²) in [6, 6.07) is -0.548. The Morgan fingerprint density at radius 1 is 1.25 bits per heavy atom. The van der Waals surface area contributed by atoms with E-state index in [9.17, 15) is 14.7 Å². The Labute approximate surface area is 190 Å². The summed E-state index contributed by atoms with van der Waals surface area (Å²) in [6.45, 7) is 12.4. The topological polar surface area (TPSA) is 116 Å². The van der Waals surface area contributed by atoms with Gasteiger partial charge in [-0.05, 0) is 48.5 Å². The first-order chi connectivity index (χ1) is 14.6. The number of amidine groups is 1. The lowest BCUT2D eigenvalue weighted by molar-refractivity contribution is -0.387. The smallest absolute Gasteiger partial charge is 0.415 e. The summed E-state index contributed by atoms with van der Waals surface area (Å²) in [7, 11) is 2.74. The van der Waals surface area contributed by atoms with Gasteiger partial charge in [-0.1, -0.05) is 0 Å². The van der Waals surface area contributed by atoms with E-state index in [4.69, 9.17) is 23.7 Å². The highest BCUT2D eigenvalue weighted by Gasteiger charge is 2.61. The van der Waals surface area contributed by atoms with Crippen LogP contribution in [0.25, 0.3) is 0 Å². The van der Waals surface area contributed by atoms with E-state index in [1.165, 1.54) is 26.0 Å². The Morgan fingerprint density at radius 2 is 1.84 bits per heavy atom. The van der Waals surface area contributed by atoms with Crippen LogP contribution in [0.15, 0.2) is 4.99 Å². The first-order valence-corrected chi connectivity index (χ1v) is 10.9. The number of carbonyl (C=O) groups is 2. The van der Waals surface area contributed by atoms with Crippen LogP contribution in [0.5, 0.6) is 0 Å². The van der Waals surface area contributed by atoms with Crippen LogP contribution in [-0.2, 0) is 28.5 Å². The van der Waals surface area contributed by atoms with Crippen molar-refractivity contribution in [2.45, 2.75) is 96.2 Å². The molecule has 0 aromatic rings. The molecule has 10 nitrogen and oxygen atoms in total. The van der Waals surface area contributed by atoms with E-state index in [0.717, 1.165) is 0 Å². The zero-order chi connectivity index (χ0) is 24.5. The molecule has 2 fully saturated rings. The van der Waals surface area contributed by atoms with Crippen LogP contribution in [-0.4, -0.2) is 90.0 Å². The fraction of sp³-hybridized carbons (Fsp3) is 0.864. The predicted octanol–water partition coefficient (Wildman–Crippen LogP) is 2.27. The number of aliphatic hydroxyl groups is 1. The lowest BCUT2D eigenvalue weighted by atomic mass is 9.98. The molecule has 1 aliphatic heterocycles. The van der Waals surface area contributed by atoms with Crippen molar-refractivity contribution < 1.29 is 38.4 Å². The molecule has 1 amide bonds. The van der Waals surface area contributed by atoms with Crippen LogP contribution in [0.1, 0.15) is 61.3 Å². The second-order valence-corrected chi connectivity index (χ2v) is 9.57. The highest BCUT2D eigenvalue weighted by Crippen LogP contribution is 2.45. The van der Waals surface area contributed by atoms with Crippen molar-refractivity contribution in [1.82, 2.24) is 4.90 Å². The second kappa shape index (κ2) is 9.34. The number of ketones is 1. The van der Waals surface area contributed by atoms with Gasteiger partial charge in [-0.15, -0.1) is 0 Å². The Balaban J connectivity index is 2.30. The van der Waals surface area contributed by atoms with Gasteiger partial charge in [-0.25, -0.2) is 4.79 Å². The molecule has 184 valence electrons. The maximum atomic E-state index is 12.6. The predicted molar refractivity (Wildman–Crippen MR) is 116 cm³/mol. The molecule has 2 rings (SSSR count). The Morgan fingerprint density at radius 3 is 2.28 bits per heavy atom. The molecule has 32 heavy (non-hydrogen) atoms. The minimum absolute atomic E-state index is 0.00631. The number of nitrogens with zero attached hydrogens (tertiary/aromatic N) is 2. The molecule has 1 N–H and O–H groups in total. The minimum atomic E-state index is -1.77. The van der Waals surface area contributed by atoms with Crippen molar-refractivity contribution in [3.63, 3.8) is 0 Å². The Hall–Kier alpha value is -1.59. The summed E-state index contributed by atoms with van der Waals surface area (Å²) in [4.78, 5) is 30.7. The fourth-order valence-corrected chi connectivity index (χ4v) is 3.58. The van der Waals surface area contributed by atoms with E-state index in [-0.39, 0.29) is 18.8 Å². The quantitative estimate of drug-likeness (QED) is 0.351. The minimum Gasteiger partial charge on any atom is -0.443 e. The zero-order valence-electron chi connectivity index (χ0n) is 20.7. The van der Waals surface area contributed by atoms with Gasteiger partial charge in [0.15, 0.2) is 5.78 Å². The third-order valence-corrected chi connectivity index (χ3v) is 6.00. The summed E-state index contributed by atoms with van der Waals surface area (Å²) in [5, 5.41) is 10.7.